The maximum atomic E-state index is 12.6. The summed E-state index contributed by atoms with van der Waals surface area (Å²) in [5.41, 5.74) is 0.901. The van der Waals surface area contributed by atoms with Crippen LogP contribution in [0.3, 0.4) is 0 Å². The predicted octanol–water partition coefficient (Wildman–Crippen LogP) is 2.48. The second-order valence-electron chi connectivity index (χ2n) is 4.29. The molecule has 6 heteroatoms. The molecule has 1 N–H and O–H groups in total. The summed E-state index contributed by atoms with van der Waals surface area (Å²) in [5.74, 6) is 0. The minimum atomic E-state index is -3.51. The van der Waals surface area contributed by atoms with Gasteiger partial charge < -0.3 is 5.32 Å². The van der Waals surface area contributed by atoms with E-state index in [2.05, 4.69) is 5.32 Å². The average Bonchev–Trinajstić information content (AvgIpc) is 2.38. The molecular formula is C13H21ClN2O2S. The van der Waals surface area contributed by atoms with Crippen molar-refractivity contribution in [2.45, 2.75) is 31.7 Å². The summed E-state index contributed by atoms with van der Waals surface area (Å²) in [4.78, 5) is 0.192. The lowest BCUT2D eigenvalue weighted by molar-refractivity contribution is 0.427. The third-order valence-electron chi connectivity index (χ3n) is 2.82. The molecule has 108 valence electrons. The summed E-state index contributed by atoms with van der Waals surface area (Å²) in [6.45, 7) is 5.35. The Morgan fingerprint density at radius 2 is 2.00 bits per heavy atom. The van der Waals surface area contributed by atoms with Crippen LogP contribution in [0, 0.1) is 0 Å². The molecule has 0 aliphatic heterocycles. The van der Waals surface area contributed by atoms with Gasteiger partial charge in [0.2, 0.25) is 10.0 Å². The van der Waals surface area contributed by atoms with E-state index in [0.29, 0.717) is 19.6 Å². The Kier molecular flexibility index (Phi) is 6.26. The predicted molar refractivity (Wildman–Crippen MR) is 78.9 cm³/mol. The third kappa shape index (κ3) is 3.92. The Hall–Kier alpha value is -0.620. The fourth-order valence-corrected chi connectivity index (χ4v) is 3.96. The van der Waals surface area contributed by atoms with Crippen molar-refractivity contribution in [1.82, 2.24) is 9.62 Å². The number of sulfonamides is 1. The zero-order chi connectivity index (χ0) is 14.5. The van der Waals surface area contributed by atoms with Crippen LogP contribution in [-0.2, 0) is 16.6 Å². The number of hydrogen-bond donors (Lipinski definition) is 1. The molecule has 4 nitrogen and oxygen atoms in total. The van der Waals surface area contributed by atoms with E-state index in [4.69, 9.17) is 11.6 Å². The van der Waals surface area contributed by atoms with E-state index in [9.17, 15) is 8.42 Å². The molecule has 0 spiro atoms. The molecule has 0 heterocycles. The molecule has 0 aliphatic rings. The van der Waals surface area contributed by atoms with Crippen LogP contribution in [0.5, 0.6) is 0 Å². The monoisotopic (exact) mass is 304 g/mol. The number of benzene rings is 1. The van der Waals surface area contributed by atoms with Crippen molar-refractivity contribution in [3.63, 3.8) is 0 Å². The summed E-state index contributed by atoms with van der Waals surface area (Å²) in [7, 11) is -1.69. The Morgan fingerprint density at radius 3 is 2.53 bits per heavy atom. The lowest BCUT2D eigenvalue weighted by atomic mass is 10.2. The molecule has 1 rings (SSSR count). The van der Waals surface area contributed by atoms with Crippen molar-refractivity contribution in [2.75, 3.05) is 20.1 Å². The molecule has 0 saturated carbocycles. The maximum Gasteiger partial charge on any atom is 0.244 e. The van der Waals surface area contributed by atoms with Gasteiger partial charge in [0.25, 0.3) is 0 Å². The topological polar surface area (TPSA) is 49.4 Å². The lowest BCUT2D eigenvalue weighted by Crippen LogP contribution is -2.31. The van der Waals surface area contributed by atoms with Crippen LogP contribution in [0.2, 0.25) is 5.02 Å². The summed E-state index contributed by atoms with van der Waals surface area (Å²) in [5, 5.41) is 3.27. The van der Waals surface area contributed by atoms with Gasteiger partial charge in [-0.05, 0) is 31.2 Å². The van der Waals surface area contributed by atoms with Crippen LogP contribution in [-0.4, -0.2) is 32.9 Å². The van der Waals surface area contributed by atoms with Crippen LogP contribution in [0.4, 0.5) is 0 Å². The van der Waals surface area contributed by atoms with Crippen molar-refractivity contribution in [1.29, 1.82) is 0 Å². The molecule has 0 saturated heterocycles. The van der Waals surface area contributed by atoms with Crippen molar-refractivity contribution in [3.8, 4) is 0 Å². The third-order valence-corrected chi connectivity index (χ3v) is 5.28. The number of halogens is 1. The van der Waals surface area contributed by atoms with Gasteiger partial charge in [0.1, 0.15) is 4.90 Å². The Morgan fingerprint density at radius 1 is 1.32 bits per heavy atom. The van der Waals surface area contributed by atoms with Gasteiger partial charge in [-0.2, -0.15) is 4.31 Å². The average molecular weight is 305 g/mol. The van der Waals surface area contributed by atoms with E-state index in [-0.39, 0.29) is 9.92 Å². The largest absolute Gasteiger partial charge is 0.316 e. The fourth-order valence-electron chi connectivity index (χ4n) is 1.90. The summed E-state index contributed by atoms with van der Waals surface area (Å²) in [6, 6.07) is 5.11. The van der Waals surface area contributed by atoms with E-state index < -0.39 is 10.0 Å². The van der Waals surface area contributed by atoms with Gasteiger partial charge in [-0.3, -0.25) is 0 Å². The number of rotatable bonds is 7. The first-order valence-electron chi connectivity index (χ1n) is 6.40. The molecule has 0 unspecified atom stereocenters. The number of nitrogens with one attached hydrogen (secondary N) is 1. The zero-order valence-corrected chi connectivity index (χ0v) is 13.2. The maximum absolute atomic E-state index is 12.6. The zero-order valence-electron chi connectivity index (χ0n) is 11.6. The standard InChI is InChI=1S/C13H21ClN2O2S/c1-4-8-16(5-2)19(17,18)13-9-11(10-15-3)6-7-12(13)14/h6-7,9,15H,4-5,8,10H2,1-3H3. The molecular weight excluding hydrogens is 284 g/mol. The molecule has 0 aliphatic carbocycles. The molecule has 0 amide bonds. The molecule has 1 aromatic carbocycles. The Balaban J connectivity index is 3.22. The first-order valence-corrected chi connectivity index (χ1v) is 8.22. The van der Waals surface area contributed by atoms with Crippen LogP contribution < -0.4 is 5.32 Å². The number of nitrogens with zero attached hydrogens (tertiary/aromatic N) is 1. The van der Waals surface area contributed by atoms with Crippen molar-refractivity contribution < 1.29 is 8.42 Å². The SMILES string of the molecule is CCCN(CC)S(=O)(=O)c1cc(CNC)ccc1Cl. The summed E-state index contributed by atoms with van der Waals surface area (Å²) in [6.07, 6.45) is 0.779. The highest BCUT2D eigenvalue weighted by Crippen LogP contribution is 2.26. The highest BCUT2D eigenvalue weighted by atomic mass is 35.5. The highest BCUT2D eigenvalue weighted by Gasteiger charge is 2.25. The van der Waals surface area contributed by atoms with Crippen molar-refractivity contribution in [2.24, 2.45) is 0 Å². The second kappa shape index (κ2) is 7.24. The lowest BCUT2D eigenvalue weighted by Gasteiger charge is -2.20. The summed E-state index contributed by atoms with van der Waals surface area (Å²) >= 11 is 6.06. The molecule has 0 atom stereocenters. The van der Waals surface area contributed by atoms with Gasteiger partial charge in [-0.1, -0.05) is 31.5 Å². The Labute approximate surface area is 120 Å². The smallest absolute Gasteiger partial charge is 0.244 e. The molecule has 0 bridgehead atoms. The van der Waals surface area contributed by atoms with Crippen LogP contribution in [0.25, 0.3) is 0 Å². The van der Waals surface area contributed by atoms with Gasteiger partial charge in [-0.15, -0.1) is 0 Å². The van der Waals surface area contributed by atoms with Gasteiger partial charge in [0, 0.05) is 19.6 Å². The van der Waals surface area contributed by atoms with Gasteiger partial charge in [-0.25, -0.2) is 8.42 Å². The minimum absolute atomic E-state index is 0.192. The highest BCUT2D eigenvalue weighted by molar-refractivity contribution is 7.89. The van der Waals surface area contributed by atoms with E-state index in [1.54, 1.807) is 12.1 Å². The molecule has 0 aromatic heterocycles. The van der Waals surface area contributed by atoms with Gasteiger partial charge in [0.05, 0.1) is 5.02 Å². The van der Waals surface area contributed by atoms with E-state index >= 15 is 0 Å². The fraction of sp³-hybridized carbons (Fsp3) is 0.538. The van der Waals surface area contributed by atoms with Crippen LogP contribution in [0.15, 0.2) is 23.1 Å². The first-order chi connectivity index (χ1) is 8.97. The molecule has 0 fully saturated rings. The minimum Gasteiger partial charge on any atom is -0.316 e. The van der Waals surface area contributed by atoms with Crippen molar-refractivity contribution in [3.05, 3.63) is 28.8 Å². The molecule has 0 radical (unpaired) electrons. The van der Waals surface area contributed by atoms with Gasteiger partial charge >= 0.3 is 0 Å². The van der Waals surface area contributed by atoms with E-state index in [1.807, 2.05) is 27.0 Å². The van der Waals surface area contributed by atoms with E-state index in [0.717, 1.165) is 12.0 Å². The van der Waals surface area contributed by atoms with Gasteiger partial charge in [0.15, 0.2) is 0 Å². The second-order valence-corrected chi connectivity index (χ2v) is 6.61. The summed E-state index contributed by atoms with van der Waals surface area (Å²) < 4.78 is 26.6. The van der Waals surface area contributed by atoms with E-state index in [1.165, 1.54) is 4.31 Å². The Bertz CT molecular complexity index is 517. The normalized spacial score (nSPS) is 12.1. The molecule has 19 heavy (non-hydrogen) atoms. The molecule has 1 aromatic rings. The van der Waals surface area contributed by atoms with Crippen LogP contribution >= 0.6 is 11.6 Å². The first kappa shape index (κ1) is 16.4. The quantitative estimate of drug-likeness (QED) is 0.842. The number of hydrogen-bond acceptors (Lipinski definition) is 3. The van der Waals surface area contributed by atoms with Crippen molar-refractivity contribution >= 4 is 21.6 Å². The van der Waals surface area contributed by atoms with Crippen LogP contribution in [0.1, 0.15) is 25.8 Å².